The minimum atomic E-state index is 0.854. The van der Waals surface area contributed by atoms with Gasteiger partial charge in [-0.25, -0.2) is 0 Å². The first kappa shape index (κ1) is 11.8. The lowest BCUT2D eigenvalue weighted by Gasteiger charge is -2.37. The van der Waals surface area contributed by atoms with Crippen LogP contribution in [0.15, 0.2) is 12.2 Å². The largest absolute Gasteiger partial charge is 0.100 e. The van der Waals surface area contributed by atoms with Crippen LogP contribution in [0.25, 0.3) is 0 Å². The van der Waals surface area contributed by atoms with Crippen LogP contribution in [0.1, 0.15) is 53.4 Å². The van der Waals surface area contributed by atoms with Crippen molar-refractivity contribution in [1.82, 2.24) is 0 Å². The minimum absolute atomic E-state index is 0.854. The summed E-state index contributed by atoms with van der Waals surface area (Å²) in [6.07, 6.45) is 5.56. The maximum absolute atomic E-state index is 4.07. The fourth-order valence-corrected chi connectivity index (χ4v) is 3.08. The van der Waals surface area contributed by atoms with Crippen LogP contribution in [0.2, 0.25) is 0 Å². The highest BCUT2D eigenvalue weighted by molar-refractivity contribution is 4.94. The van der Waals surface area contributed by atoms with Gasteiger partial charge in [-0.05, 0) is 49.9 Å². The van der Waals surface area contributed by atoms with Crippen molar-refractivity contribution in [2.24, 2.45) is 23.7 Å². The first-order valence-electron chi connectivity index (χ1n) is 6.15. The molecule has 1 fully saturated rings. The smallest absolute Gasteiger partial charge is 0.0294 e. The van der Waals surface area contributed by atoms with Crippen LogP contribution < -0.4 is 0 Å². The second-order valence-corrected chi connectivity index (χ2v) is 5.75. The van der Waals surface area contributed by atoms with Gasteiger partial charge in [0, 0.05) is 0 Å². The van der Waals surface area contributed by atoms with Crippen LogP contribution >= 0.6 is 0 Å². The third-order valence-electron chi connectivity index (χ3n) is 3.77. The number of hydrogen-bond donors (Lipinski definition) is 0. The van der Waals surface area contributed by atoms with Crippen LogP contribution in [0.3, 0.4) is 0 Å². The second kappa shape index (κ2) is 5.00. The van der Waals surface area contributed by atoms with Crippen molar-refractivity contribution in [2.45, 2.75) is 53.4 Å². The van der Waals surface area contributed by atoms with E-state index in [0.29, 0.717) is 0 Å². The molecule has 1 rings (SSSR count). The van der Waals surface area contributed by atoms with E-state index < -0.39 is 0 Å². The molecule has 1 aliphatic rings. The summed E-state index contributed by atoms with van der Waals surface area (Å²) in [6.45, 7) is 13.4. The Kier molecular flexibility index (Phi) is 4.22. The molecule has 0 aromatic rings. The Hall–Kier alpha value is -0.260. The van der Waals surface area contributed by atoms with E-state index in [1.165, 1.54) is 31.3 Å². The number of rotatable bonds is 3. The van der Waals surface area contributed by atoms with E-state index in [1.807, 2.05) is 0 Å². The SMILES string of the molecule is C=C(C)CC1C[C@H](C)CC[C@H]1C(C)C. The van der Waals surface area contributed by atoms with Crippen molar-refractivity contribution < 1.29 is 0 Å². The molecule has 1 unspecified atom stereocenters. The summed E-state index contributed by atoms with van der Waals surface area (Å²) in [5.41, 5.74) is 1.37. The lowest BCUT2D eigenvalue weighted by Crippen LogP contribution is -2.27. The monoisotopic (exact) mass is 194 g/mol. The zero-order valence-electron chi connectivity index (χ0n) is 10.3. The fourth-order valence-electron chi connectivity index (χ4n) is 3.08. The predicted molar refractivity (Wildman–Crippen MR) is 64.3 cm³/mol. The van der Waals surface area contributed by atoms with Crippen LogP contribution in [0.4, 0.5) is 0 Å². The average molecular weight is 194 g/mol. The summed E-state index contributed by atoms with van der Waals surface area (Å²) < 4.78 is 0. The zero-order chi connectivity index (χ0) is 10.7. The molecule has 0 aliphatic heterocycles. The fraction of sp³-hybridized carbons (Fsp3) is 0.857. The molecule has 0 spiro atoms. The highest BCUT2D eigenvalue weighted by Crippen LogP contribution is 2.40. The van der Waals surface area contributed by atoms with Gasteiger partial charge >= 0.3 is 0 Å². The standard InChI is InChI=1S/C14H26/c1-10(2)8-13-9-12(5)6-7-14(13)11(3)4/h11-14H,1,6-9H2,2-5H3/t12-,13?,14+/m1/s1. The van der Waals surface area contributed by atoms with Gasteiger partial charge in [0.1, 0.15) is 0 Å². The van der Waals surface area contributed by atoms with Gasteiger partial charge in [0.05, 0.1) is 0 Å². The third kappa shape index (κ3) is 3.15. The molecule has 82 valence electrons. The van der Waals surface area contributed by atoms with Gasteiger partial charge in [-0.3, -0.25) is 0 Å². The van der Waals surface area contributed by atoms with Crippen molar-refractivity contribution in [3.05, 3.63) is 12.2 Å². The summed E-state index contributed by atoms with van der Waals surface area (Å²) in [6, 6.07) is 0. The van der Waals surface area contributed by atoms with Crippen molar-refractivity contribution in [2.75, 3.05) is 0 Å². The highest BCUT2D eigenvalue weighted by atomic mass is 14.3. The second-order valence-electron chi connectivity index (χ2n) is 5.75. The first-order valence-corrected chi connectivity index (χ1v) is 6.15. The van der Waals surface area contributed by atoms with Crippen molar-refractivity contribution in [3.8, 4) is 0 Å². The molecule has 0 heteroatoms. The molecule has 0 saturated heterocycles. The topological polar surface area (TPSA) is 0 Å². The maximum atomic E-state index is 4.07. The lowest BCUT2D eigenvalue weighted by atomic mass is 9.68. The molecule has 0 N–H and O–H groups in total. The third-order valence-corrected chi connectivity index (χ3v) is 3.77. The Labute approximate surface area is 89.8 Å². The van der Waals surface area contributed by atoms with E-state index in [0.717, 1.165) is 23.7 Å². The van der Waals surface area contributed by atoms with E-state index in [9.17, 15) is 0 Å². The van der Waals surface area contributed by atoms with Crippen LogP contribution in [0.5, 0.6) is 0 Å². The molecule has 1 saturated carbocycles. The molecule has 0 radical (unpaired) electrons. The van der Waals surface area contributed by atoms with Crippen LogP contribution in [-0.4, -0.2) is 0 Å². The Morgan fingerprint density at radius 2 is 2.00 bits per heavy atom. The van der Waals surface area contributed by atoms with E-state index in [-0.39, 0.29) is 0 Å². The van der Waals surface area contributed by atoms with E-state index in [1.54, 1.807) is 0 Å². The molecule has 0 aromatic carbocycles. The van der Waals surface area contributed by atoms with Gasteiger partial charge in [-0.15, -0.1) is 6.58 Å². The molecule has 0 amide bonds. The minimum Gasteiger partial charge on any atom is -0.100 e. The van der Waals surface area contributed by atoms with E-state index in [4.69, 9.17) is 0 Å². The quantitative estimate of drug-likeness (QED) is 0.573. The summed E-state index contributed by atoms with van der Waals surface area (Å²) in [7, 11) is 0. The highest BCUT2D eigenvalue weighted by Gasteiger charge is 2.30. The van der Waals surface area contributed by atoms with Crippen molar-refractivity contribution >= 4 is 0 Å². The Balaban J connectivity index is 2.58. The molecule has 14 heavy (non-hydrogen) atoms. The van der Waals surface area contributed by atoms with Gasteiger partial charge in [-0.1, -0.05) is 32.8 Å². The van der Waals surface area contributed by atoms with Gasteiger partial charge in [0.2, 0.25) is 0 Å². The molecule has 3 atom stereocenters. The van der Waals surface area contributed by atoms with Crippen LogP contribution in [-0.2, 0) is 0 Å². The van der Waals surface area contributed by atoms with Gasteiger partial charge in [0.15, 0.2) is 0 Å². The zero-order valence-corrected chi connectivity index (χ0v) is 10.3. The maximum Gasteiger partial charge on any atom is -0.0294 e. The molecule has 0 heterocycles. The summed E-state index contributed by atoms with van der Waals surface area (Å²) in [4.78, 5) is 0. The molecule has 0 aromatic heterocycles. The molecule has 1 aliphatic carbocycles. The van der Waals surface area contributed by atoms with Crippen molar-refractivity contribution in [3.63, 3.8) is 0 Å². The van der Waals surface area contributed by atoms with Gasteiger partial charge in [-0.2, -0.15) is 0 Å². The molecule has 0 nitrogen and oxygen atoms in total. The molecular formula is C14H26. The number of hydrogen-bond acceptors (Lipinski definition) is 0. The Morgan fingerprint density at radius 3 is 2.50 bits per heavy atom. The summed E-state index contributed by atoms with van der Waals surface area (Å²) in [5.74, 6) is 3.65. The van der Waals surface area contributed by atoms with E-state index in [2.05, 4.69) is 34.3 Å². The van der Waals surface area contributed by atoms with Gasteiger partial charge in [0.25, 0.3) is 0 Å². The predicted octanol–water partition coefficient (Wildman–Crippen LogP) is 4.66. The first-order chi connectivity index (χ1) is 6.50. The summed E-state index contributed by atoms with van der Waals surface area (Å²) in [5, 5.41) is 0. The number of allylic oxidation sites excluding steroid dienone is 1. The molecule has 0 bridgehead atoms. The lowest BCUT2D eigenvalue weighted by molar-refractivity contribution is 0.144. The average Bonchev–Trinajstić information content (AvgIpc) is 2.01. The van der Waals surface area contributed by atoms with Gasteiger partial charge < -0.3 is 0 Å². The summed E-state index contributed by atoms with van der Waals surface area (Å²) >= 11 is 0. The molecular weight excluding hydrogens is 168 g/mol. The van der Waals surface area contributed by atoms with Crippen molar-refractivity contribution in [1.29, 1.82) is 0 Å². The normalized spacial score (nSPS) is 33.4. The Morgan fingerprint density at radius 1 is 1.36 bits per heavy atom. The Bertz CT molecular complexity index is 190. The van der Waals surface area contributed by atoms with Crippen LogP contribution in [0, 0.1) is 23.7 Å². The van der Waals surface area contributed by atoms with E-state index >= 15 is 0 Å².